The number of hydrogen-bond donors (Lipinski definition) is 1. The molecule has 0 amide bonds. The van der Waals surface area contributed by atoms with Crippen LogP contribution in [0, 0.1) is 17.8 Å². The third-order valence-electron chi connectivity index (χ3n) is 4.49. The second kappa shape index (κ2) is 4.09. The molecule has 2 nitrogen and oxygen atoms in total. The predicted octanol–water partition coefficient (Wildman–Crippen LogP) is 2.88. The minimum absolute atomic E-state index is 0.141. The number of rotatable bonds is 1. The number of carbonyl (C=O) groups excluding carboxylic acids is 1. The molecule has 94 valence electrons. The molecule has 0 radical (unpaired) electrons. The van der Waals surface area contributed by atoms with Crippen molar-refractivity contribution in [1.29, 1.82) is 0 Å². The Bertz CT molecular complexity index is 394. The summed E-state index contributed by atoms with van der Waals surface area (Å²) in [5.41, 5.74) is 0.921. The number of ketones is 1. The summed E-state index contributed by atoms with van der Waals surface area (Å²) < 4.78 is 0. The highest BCUT2D eigenvalue weighted by Gasteiger charge is 2.50. The van der Waals surface area contributed by atoms with Crippen molar-refractivity contribution in [3.63, 3.8) is 0 Å². The SMILES string of the molecule is C=C(C)[C@@H]1CC[C@H](C)[C@@H]2C(=O)C(C)=C[C@@]2(O)C1. The minimum Gasteiger partial charge on any atom is -0.385 e. The van der Waals surface area contributed by atoms with E-state index < -0.39 is 5.60 Å². The molecule has 0 bridgehead atoms. The number of fused-ring (bicyclic) bond motifs is 1. The van der Waals surface area contributed by atoms with Gasteiger partial charge in [-0.25, -0.2) is 0 Å². The summed E-state index contributed by atoms with van der Waals surface area (Å²) in [6.45, 7) is 9.93. The lowest BCUT2D eigenvalue weighted by Crippen LogP contribution is -2.39. The number of carbonyl (C=O) groups is 1. The average molecular weight is 234 g/mol. The Hall–Kier alpha value is -0.890. The Morgan fingerprint density at radius 2 is 2.18 bits per heavy atom. The van der Waals surface area contributed by atoms with E-state index in [-0.39, 0.29) is 17.6 Å². The molecule has 1 fully saturated rings. The molecule has 1 saturated carbocycles. The molecule has 0 unspecified atom stereocenters. The number of allylic oxidation sites excluding steroid dienone is 2. The summed E-state index contributed by atoms with van der Waals surface area (Å²) >= 11 is 0. The maximum Gasteiger partial charge on any atom is 0.164 e. The van der Waals surface area contributed by atoms with Gasteiger partial charge in [-0.05, 0) is 56.6 Å². The maximum absolute atomic E-state index is 12.1. The van der Waals surface area contributed by atoms with Crippen LogP contribution in [-0.2, 0) is 4.79 Å². The van der Waals surface area contributed by atoms with Gasteiger partial charge in [0.05, 0.1) is 11.5 Å². The number of hydrogen-bond acceptors (Lipinski definition) is 2. The van der Waals surface area contributed by atoms with Crippen molar-refractivity contribution in [2.75, 3.05) is 0 Å². The van der Waals surface area contributed by atoms with Gasteiger partial charge in [-0.15, -0.1) is 0 Å². The normalized spacial score (nSPS) is 41.8. The number of aliphatic hydroxyl groups is 1. The fourth-order valence-electron chi connectivity index (χ4n) is 3.49. The van der Waals surface area contributed by atoms with Crippen LogP contribution in [0.3, 0.4) is 0 Å². The lowest BCUT2D eigenvalue weighted by atomic mass is 9.78. The fraction of sp³-hybridized carbons (Fsp3) is 0.667. The van der Waals surface area contributed by atoms with E-state index in [1.165, 1.54) is 0 Å². The summed E-state index contributed by atoms with van der Waals surface area (Å²) in [5, 5.41) is 10.8. The summed E-state index contributed by atoms with van der Waals surface area (Å²) in [5.74, 6) is 0.502. The van der Waals surface area contributed by atoms with Crippen molar-refractivity contribution in [3.05, 3.63) is 23.8 Å². The molecular weight excluding hydrogens is 212 g/mol. The lowest BCUT2D eigenvalue weighted by Gasteiger charge is -2.31. The van der Waals surface area contributed by atoms with Gasteiger partial charge >= 0.3 is 0 Å². The minimum atomic E-state index is -0.930. The van der Waals surface area contributed by atoms with Crippen molar-refractivity contribution in [3.8, 4) is 0 Å². The first kappa shape index (κ1) is 12.6. The van der Waals surface area contributed by atoms with Crippen LogP contribution >= 0.6 is 0 Å². The van der Waals surface area contributed by atoms with Crippen molar-refractivity contribution in [2.24, 2.45) is 17.8 Å². The van der Waals surface area contributed by atoms with Crippen LogP contribution < -0.4 is 0 Å². The quantitative estimate of drug-likeness (QED) is 0.708. The fourth-order valence-corrected chi connectivity index (χ4v) is 3.49. The molecule has 1 N–H and O–H groups in total. The molecule has 0 saturated heterocycles. The van der Waals surface area contributed by atoms with Gasteiger partial charge in [-0.3, -0.25) is 4.79 Å². The van der Waals surface area contributed by atoms with Gasteiger partial charge < -0.3 is 5.11 Å². The molecule has 0 aromatic carbocycles. The molecular formula is C15H22O2. The lowest BCUT2D eigenvalue weighted by molar-refractivity contribution is -0.125. The van der Waals surface area contributed by atoms with Gasteiger partial charge in [0.15, 0.2) is 5.78 Å². The number of Topliss-reactive ketones (excluding diaryl/α,β-unsaturated/α-hetero) is 1. The van der Waals surface area contributed by atoms with Crippen LogP contribution in [0.25, 0.3) is 0 Å². The molecule has 0 spiro atoms. The molecule has 2 rings (SSSR count). The van der Waals surface area contributed by atoms with Crippen LogP contribution in [0.2, 0.25) is 0 Å². The average Bonchev–Trinajstić information content (AvgIpc) is 2.37. The third kappa shape index (κ3) is 1.99. The zero-order valence-electron chi connectivity index (χ0n) is 11.0. The van der Waals surface area contributed by atoms with E-state index in [4.69, 9.17) is 0 Å². The molecule has 4 atom stereocenters. The van der Waals surface area contributed by atoms with Crippen LogP contribution in [-0.4, -0.2) is 16.5 Å². The van der Waals surface area contributed by atoms with E-state index >= 15 is 0 Å². The molecule has 0 aromatic rings. The largest absolute Gasteiger partial charge is 0.385 e. The van der Waals surface area contributed by atoms with E-state index in [2.05, 4.69) is 13.5 Å². The second-order valence-corrected chi connectivity index (χ2v) is 5.96. The Labute approximate surface area is 103 Å². The van der Waals surface area contributed by atoms with Crippen molar-refractivity contribution in [1.82, 2.24) is 0 Å². The summed E-state index contributed by atoms with van der Waals surface area (Å²) in [7, 11) is 0. The van der Waals surface area contributed by atoms with E-state index in [0.29, 0.717) is 12.3 Å². The van der Waals surface area contributed by atoms with Gasteiger partial charge in [0.1, 0.15) is 0 Å². The summed E-state index contributed by atoms with van der Waals surface area (Å²) in [4.78, 5) is 12.1. The monoisotopic (exact) mass is 234 g/mol. The van der Waals surface area contributed by atoms with Crippen molar-refractivity contribution in [2.45, 2.75) is 45.6 Å². The van der Waals surface area contributed by atoms with Crippen LogP contribution in [0.4, 0.5) is 0 Å². The molecule has 2 aliphatic carbocycles. The molecule has 2 aliphatic rings. The van der Waals surface area contributed by atoms with E-state index in [0.717, 1.165) is 24.0 Å². The van der Waals surface area contributed by atoms with Crippen LogP contribution in [0.15, 0.2) is 23.8 Å². The highest BCUT2D eigenvalue weighted by molar-refractivity contribution is 6.00. The van der Waals surface area contributed by atoms with Gasteiger partial charge in [0, 0.05) is 0 Å². The molecule has 17 heavy (non-hydrogen) atoms. The van der Waals surface area contributed by atoms with E-state index in [9.17, 15) is 9.90 Å². The Morgan fingerprint density at radius 3 is 2.76 bits per heavy atom. The van der Waals surface area contributed by atoms with E-state index in [1.54, 1.807) is 6.08 Å². The topological polar surface area (TPSA) is 37.3 Å². The Kier molecular flexibility index (Phi) is 3.03. The second-order valence-electron chi connectivity index (χ2n) is 5.96. The van der Waals surface area contributed by atoms with Gasteiger partial charge in [0.25, 0.3) is 0 Å². The highest BCUT2D eigenvalue weighted by Crippen LogP contribution is 2.46. The van der Waals surface area contributed by atoms with Crippen molar-refractivity contribution < 1.29 is 9.90 Å². The first-order valence-corrected chi connectivity index (χ1v) is 6.46. The van der Waals surface area contributed by atoms with Gasteiger partial charge in [-0.1, -0.05) is 19.1 Å². The van der Waals surface area contributed by atoms with E-state index in [1.807, 2.05) is 13.8 Å². The highest BCUT2D eigenvalue weighted by atomic mass is 16.3. The molecule has 0 heterocycles. The maximum atomic E-state index is 12.1. The molecule has 0 aromatic heterocycles. The van der Waals surface area contributed by atoms with Gasteiger partial charge in [-0.2, -0.15) is 0 Å². The van der Waals surface area contributed by atoms with Crippen molar-refractivity contribution >= 4 is 5.78 Å². The smallest absolute Gasteiger partial charge is 0.164 e. The first-order valence-electron chi connectivity index (χ1n) is 6.46. The Morgan fingerprint density at radius 1 is 1.53 bits per heavy atom. The zero-order valence-corrected chi connectivity index (χ0v) is 11.0. The predicted molar refractivity (Wildman–Crippen MR) is 68.5 cm³/mol. The zero-order chi connectivity index (χ0) is 12.8. The van der Waals surface area contributed by atoms with Crippen LogP contribution in [0.5, 0.6) is 0 Å². The summed E-state index contributed by atoms with van der Waals surface area (Å²) in [6, 6.07) is 0. The van der Waals surface area contributed by atoms with Crippen LogP contribution in [0.1, 0.15) is 40.0 Å². The molecule has 0 aliphatic heterocycles. The first-order chi connectivity index (χ1) is 7.85. The third-order valence-corrected chi connectivity index (χ3v) is 4.49. The standard InChI is InChI=1S/C15H22O2/c1-9(2)12-6-5-10(3)13-14(16)11(4)7-15(13,17)8-12/h7,10,12-13,17H,1,5-6,8H2,2-4H3/t10-,12+,13+,15+/m0/s1. The summed E-state index contributed by atoms with van der Waals surface area (Å²) in [6.07, 6.45) is 4.48. The van der Waals surface area contributed by atoms with Gasteiger partial charge in [0.2, 0.25) is 0 Å². The Balaban J connectivity index is 2.36. The molecule has 2 heteroatoms.